The first-order valence-corrected chi connectivity index (χ1v) is 7.82. The number of carbonyl (C=O) groups excluding carboxylic acids is 1. The number of rotatable bonds is 4. The molecule has 5 nitrogen and oxygen atoms in total. The fourth-order valence-corrected chi connectivity index (χ4v) is 3.23. The van der Waals surface area contributed by atoms with Gasteiger partial charge in [0.25, 0.3) is 5.91 Å². The maximum atomic E-state index is 12.5. The lowest BCUT2D eigenvalue weighted by Crippen LogP contribution is -2.38. The normalized spacial score (nSPS) is 18.4. The van der Waals surface area contributed by atoms with Crippen LogP contribution in [0.25, 0.3) is 5.65 Å². The molecule has 2 aliphatic carbocycles. The van der Waals surface area contributed by atoms with Crippen molar-refractivity contribution in [2.45, 2.75) is 38.6 Å². The van der Waals surface area contributed by atoms with Gasteiger partial charge in [-0.25, -0.2) is 9.97 Å². The number of nitrogens with zero attached hydrogens (tertiary/aromatic N) is 3. The quantitative estimate of drug-likeness (QED) is 0.883. The van der Waals surface area contributed by atoms with E-state index in [1.54, 1.807) is 16.8 Å². The molecule has 2 saturated carbocycles. The molecule has 110 valence electrons. The minimum absolute atomic E-state index is 0.129. The van der Waals surface area contributed by atoms with Gasteiger partial charge in [0.2, 0.25) is 0 Å². The van der Waals surface area contributed by atoms with Crippen LogP contribution in [0.5, 0.6) is 0 Å². The van der Waals surface area contributed by atoms with Crippen LogP contribution in [0.3, 0.4) is 0 Å². The first kappa shape index (κ1) is 13.1. The minimum Gasteiger partial charge on any atom is -0.347 e. The number of aryl methyl sites for hydroxylation is 1. The van der Waals surface area contributed by atoms with Crippen LogP contribution >= 0.6 is 11.6 Å². The molecule has 2 aromatic rings. The average molecular weight is 305 g/mol. The Labute approximate surface area is 127 Å². The third-order valence-electron chi connectivity index (χ3n) is 4.44. The van der Waals surface area contributed by atoms with Crippen molar-refractivity contribution in [3.8, 4) is 0 Å². The van der Waals surface area contributed by atoms with E-state index >= 15 is 0 Å². The molecule has 21 heavy (non-hydrogen) atoms. The van der Waals surface area contributed by atoms with Gasteiger partial charge in [0.1, 0.15) is 11.5 Å². The van der Waals surface area contributed by atoms with Gasteiger partial charge in [-0.2, -0.15) is 0 Å². The molecule has 0 saturated heterocycles. The molecule has 0 atom stereocenters. The first-order chi connectivity index (χ1) is 10.1. The van der Waals surface area contributed by atoms with Crippen molar-refractivity contribution in [2.75, 3.05) is 0 Å². The van der Waals surface area contributed by atoms with Crippen molar-refractivity contribution < 1.29 is 4.79 Å². The Balaban J connectivity index is 1.64. The second kappa shape index (κ2) is 4.70. The number of hydrogen-bond donors (Lipinski definition) is 1. The lowest BCUT2D eigenvalue weighted by molar-refractivity contribution is 0.0923. The number of amides is 1. The molecule has 2 heterocycles. The van der Waals surface area contributed by atoms with Crippen LogP contribution in [-0.2, 0) is 0 Å². The summed E-state index contributed by atoms with van der Waals surface area (Å²) in [5.41, 5.74) is 1.81. The summed E-state index contributed by atoms with van der Waals surface area (Å²) >= 11 is 6.00. The highest BCUT2D eigenvalue weighted by molar-refractivity contribution is 6.29. The van der Waals surface area contributed by atoms with E-state index in [9.17, 15) is 4.79 Å². The number of aromatic nitrogens is 3. The van der Waals surface area contributed by atoms with E-state index in [-0.39, 0.29) is 5.91 Å². The maximum absolute atomic E-state index is 12.5. The Bertz CT molecular complexity index is 706. The summed E-state index contributed by atoms with van der Waals surface area (Å²) < 4.78 is 1.80. The molecule has 0 aliphatic heterocycles. The molecule has 6 heteroatoms. The highest BCUT2D eigenvalue weighted by atomic mass is 35.5. The number of fused-ring (bicyclic) bond motifs is 1. The predicted molar refractivity (Wildman–Crippen MR) is 79.4 cm³/mol. The van der Waals surface area contributed by atoms with E-state index in [1.807, 2.05) is 6.92 Å². The summed E-state index contributed by atoms with van der Waals surface area (Å²) in [5.74, 6) is 1.19. The van der Waals surface area contributed by atoms with Crippen LogP contribution in [-0.4, -0.2) is 26.3 Å². The summed E-state index contributed by atoms with van der Waals surface area (Å²) in [6.07, 6.45) is 6.55. The number of halogens is 1. The number of hydrogen-bond acceptors (Lipinski definition) is 3. The summed E-state index contributed by atoms with van der Waals surface area (Å²) in [7, 11) is 0. The highest BCUT2D eigenvalue weighted by Gasteiger charge is 2.42. The Morgan fingerprint density at radius 3 is 2.67 bits per heavy atom. The van der Waals surface area contributed by atoms with Gasteiger partial charge < -0.3 is 5.32 Å². The third kappa shape index (κ3) is 2.39. The Morgan fingerprint density at radius 1 is 1.38 bits per heavy atom. The lowest BCUT2D eigenvalue weighted by Gasteiger charge is -2.16. The molecule has 2 aliphatic rings. The summed E-state index contributed by atoms with van der Waals surface area (Å²) in [6.45, 7) is 1.92. The molecule has 0 spiro atoms. The van der Waals surface area contributed by atoms with Gasteiger partial charge in [-0.3, -0.25) is 9.20 Å². The Morgan fingerprint density at radius 2 is 2.05 bits per heavy atom. The first-order valence-electron chi connectivity index (χ1n) is 7.44. The van der Waals surface area contributed by atoms with Crippen LogP contribution in [0.4, 0.5) is 0 Å². The highest BCUT2D eigenvalue weighted by Crippen LogP contribution is 2.44. The molecule has 2 aromatic heterocycles. The van der Waals surface area contributed by atoms with Crippen LogP contribution < -0.4 is 5.32 Å². The van der Waals surface area contributed by atoms with Crippen LogP contribution in [0.2, 0.25) is 5.15 Å². The van der Waals surface area contributed by atoms with Gasteiger partial charge in [0.05, 0.1) is 0 Å². The van der Waals surface area contributed by atoms with Crippen molar-refractivity contribution in [3.05, 3.63) is 28.9 Å². The van der Waals surface area contributed by atoms with E-state index in [4.69, 9.17) is 11.6 Å². The molecule has 0 unspecified atom stereocenters. The average Bonchev–Trinajstić information content (AvgIpc) is 3.33. The van der Waals surface area contributed by atoms with Crippen molar-refractivity contribution in [3.63, 3.8) is 0 Å². The fourth-order valence-electron chi connectivity index (χ4n) is 2.99. The van der Waals surface area contributed by atoms with E-state index in [2.05, 4.69) is 15.3 Å². The summed E-state index contributed by atoms with van der Waals surface area (Å²) in [6, 6.07) is 2.07. The van der Waals surface area contributed by atoms with Gasteiger partial charge in [0, 0.05) is 11.7 Å². The molecule has 0 radical (unpaired) electrons. The zero-order valence-corrected chi connectivity index (χ0v) is 12.6. The fraction of sp³-hybridized carbons (Fsp3) is 0.533. The second-order valence-corrected chi connectivity index (χ2v) is 6.57. The zero-order chi connectivity index (χ0) is 14.6. The van der Waals surface area contributed by atoms with Crippen LogP contribution in [0.15, 0.2) is 12.4 Å². The number of imidazole rings is 1. The molecular formula is C15H17ClN4O. The van der Waals surface area contributed by atoms with Gasteiger partial charge in [0.15, 0.2) is 11.3 Å². The smallest absolute Gasteiger partial charge is 0.274 e. The molecule has 0 aromatic carbocycles. The standard InChI is InChI=1S/C15H17ClN4O/c1-8-6-11(16)18-14-13(17-7-20(8)14)15(21)19-12(9-2-3-9)10-4-5-10/h6-7,9-10,12H,2-5H2,1H3,(H,19,21). The van der Waals surface area contributed by atoms with Crippen LogP contribution in [0.1, 0.15) is 41.9 Å². The maximum Gasteiger partial charge on any atom is 0.274 e. The van der Waals surface area contributed by atoms with E-state index < -0.39 is 0 Å². The summed E-state index contributed by atoms with van der Waals surface area (Å²) in [5, 5.41) is 3.56. The minimum atomic E-state index is -0.129. The molecule has 1 N–H and O–H groups in total. The van der Waals surface area contributed by atoms with Crippen molar-refractivity contribution in [2.24, 2.45) is 11.8 Å². The van der Waals surface area contributed by atoms with Crippen molar-refractivity contribution in [1.29, 1.82) is 0 Å². The van der Waals surface area contributed by atoms with E-state index in [1.165, 1.54) is 25.7 Å². The predicted octanol–water partition coefficient (Wildman–Crippen LogP) is 2.61. The number of nitrogens with one attached hydrogen (secondary N) is 1. The second-order valence-electron chi connectivity index (χ2n) is 6.18. The Hall–Kier alpha value is -1.62. The third-order valence-corrected chi connectivity index (χ3v) is 4.63. The monoisotopic (exact) mass is 304 g/mol. The molecule has 4 rings (SSSR count). The van der Waals surface area contributed by atoms with Gasteiger partial charge >= 0.3 is 0 Å². The van der Waals surface area contributed by atoms with Gasteiger partial charge in [-0.15, -0.1) is 0 Å². The zero-order valence-electron chi connectivity index (χ0n) is 11.8. The SMILES string of the molecule is Cc1cc(Cl)nc2c(C(=O)NC(C3CC3)C3CC3)ncn12. The molecule has 1 amide bonds. The topological polar surface area (TPSA) is 59.3 Å². The molecular weight excluding hydrogens is 288 g/mol. The van der Waals surface area contributed by atoms with Crippen LogP contribution in [0, 0.1) is 18.8 Å². The largest absolute Gasteiger partial charge is 0.347 e. The van der Waals surface area contributed by atoms with E-state index in [0.717, 1.165) is 5.69 Å². The van der Waals surface area contributed by atoms with Crippen molar-refractivity contribution >= 4 is 23.2 Å². The Kier molecular flexibility index (Phi) is 2.92. The summed E-state index contributed by atoms with van der Waals surface area (Å²) in [4.78, 5) is 21.0. The molecule has 2 fully saturated rings. The van der Waals surface area contributed by atoms with E-state index in [0.29, 0.717) is 34.4 Å². The van der Waals surface area contributed by atoms with Crippen molar-refractivity contribution in [1.82, 2.24) is 19.7 Å². The van der Waals surface area contributed by atoms with Gasteiger partial charge in [-0.05, 0) is 50.5 Å². The lowest BCUT2D eigenvalue weighted by atomic mass is 10.1. The number of carbonyl (C=O) groups is 1. The molecule has 0 bridgehead atoms. The van der Waals surface area contributed by atoms with Gasteiger partial charge in [-0.1, -0.05) is 11.6 Å².